The van der Waals surface area contributed by atoms with Gasteiger partial charge in [-0.2, -0.15) is 0 Å². The third-order valence-corrected chi connectivity index (χ3v) is 3.99. The van der Waals surface area contributed by atoms with Gasteiger partial charge in [-0.3, -0.25) is 0 Å². The molecule has 0 saturated heterocycles. The lowest BCUT2D eigenvalue weighted by Crippen LogP contribution is -2.06. The highest BCUT2D eigenvalue weighted by Crippen LogP contribution is 2.33. The maximum atomic E-state index is 11.8. The zero-order valence-electron chi connectivity index (χ0n) is 16.9. The first-order valence-electron chi connectivity index (χ1n) is 9.63. The molecule has 0 bridgehead atoms. The van der Waals surface area contributed by atoms with Crippen molar-refractivity contribution in [2.24, 2.45) is 5.92 Å². The Balaban J connectivity index is 1.82. The molecule has 0 N–H and O–H groups in total. The third-order valence-electron chi connectivity index (χ3n) is 3.99. The molecule has 1 heterocycles. The maximum absolute atomic E-state index is 11.8. The van der Waals surface area contributed by atoms with Crippen LogP contribution < -0.4 is 9.47 Å². The van der Waals surface area contributed by atoms with E-state index >= 15 is 0 Å². The summed E-state index contributed by atoms with van der Waals surface area (Å²) in [6.07, 6.45) is 1.29. The molecule has 3 rings (SSSR count). The summed E-state index contributed by atoms with van der Waals surface area (Å²) in [4.78, 5) is 16.0. The number of hydrogen-bond donors (Lipinski definition) is 0. The van der Waals surface area contributed by atoms with Crippen LogP contribution in [0.2, 0.25) is 0 Å². The van der Waals surface area contributed by atoms with Crippen molar-refractivity contribution < 1.29 is 23.4 Å². The average molecular weight is 395 g/mol. The van der Waals surface area contributed by atoms with Gasteiger partial charge in [0.2, 0.25) is 5.89 Å². The number of oxazole rings is 1. The maximum Gasteiger partial charge on any atom is 0.360 e. The minimum Gasteiger partial charge on any atom is -0.489 e. The molecule has 6 heteroatoms. The van der Waals surface area contributed by atoms with Crippen molar-refractivity contribution in [2.75, 3.05) is 13.2 Å². The topological polar surface area (TPSA) is 70.8 Å². The van der Waals surface area contributed by atoms with Crippen molar-refractivity contribution in [1.82, 2.24) is 4.98 Å². The molecule has 6 nitrogen and oxygen atoms in total. The van der Waals surface area contributed by atoms with Gasteiger partial charge in [0.1, 0.15) is 12.9 Å². The summed E-state index contributed by atoms with van der Waals surface area (Å²) < 4.78 is 22.3. The molecule has 0 aliphatic carbocycles. The van der Waals surface area contributed by atoms with Crippen LogP contribution in [0.15, 0.2) is 59.2 Å². The molecule has 1 aromatic heterocycles. The molecule has 0 amide bonds. The van der Waals surface area contributed by atoms with Crippen LogP contribution in [-0.4, -0.2) is 24.2 Å². The lowest BCUT2D eigenvalue weighted by molar-refractivity contribution is 0.0519. The van der Waals surface area contributed by atoms with Crippen LogP contribution in [0.25, 0.3) is 11.5 Å². The normalized spacial score (nSPS) is 10.8. The molecule has 0 fully saturated rings. The van der Waals surface area contributed by atoms with Crippen LogP contribution in [-0.2, 0) is 11.3 Å². The smallest absolute Gasteiger partial charge is 0.360 e. The largest absolute Gasteiger partial charge is 0.489 e. The Morgan fingerprint density at radius 1 is 1.07 bits per heavy atom. The van der Waals surface area contributed by atoms with Crippen molar-refractivity contribution in [3.05, 3.63) is 66.1 Å². The summed E-state index contributed by atoms with van der Waals surface area (Å²) in [7, 11) is 0. The average Bonchev–Trinajstić information content (AvgIpc) is 3.22. The Morgan fingerprint density at radius 3 is 2.59 bits per heavy atom. The van der Waals surface area contributed by atoms with E-state index in [1.54, 1.807) is 6.92 Å². The Kier molecular flexibility index (Phi) is 6.89. The predicted octanol–water partition coefficient (Wildman–Crippen LogP) is 5.13. The van der Waals surface area contributed by atoms with Crippen molar-refractivity contribution in [3.63, 3.8) is 0 Å². The molecule has 0 unspecified atom stereocenters. The second kappa shape index (κ2) is 9.78. The summed E-state index contributed by atoms with van der Waals surface area (Å²) in [5.41, 5.74) is 1.89. The third kappa shape index (κ3) is 5.60. The quantitative estimate of drug-likeness (QED) is 0.468. The molecule has 0 atom stereocenters. The first-order chi connectivity index (χ1) is 14.1. The molecule has 0 spiro atoms. The van der Waals surface area contributed by atoms with Gasteiger partial charge in [0.25, 0.3) is 0 Å². The van der Waals surface area contributed by atoms with Crippen LogP contribution in [0.5, 0.6) is 11.5 Å². The van der Waals surface area contributed by atoms with Gasteiger partial charge >= 0.3 is 5.97 Å². The highest BCUT2D eigenvalue weighted by molar-refractivity contribution is 5.87. The van der Waals surface area contributed by atoms with E-state index in [0.29, 0.717) is 42.1 Å². The van der Waals surface area contributed by atoms with Crippen LogP contribution in [0, 0.1) is 5.92 Å². The molecular weight excluding hydrogens is 370 g/mol. The number of rotatable bonds is 9. The van der Waals surface area contributed by atoms with E-state index in [1.807, 2.05) is 48.5 Å². The van der Waals surface area contributed by atoms with E-state index in [1.165, 1.54) is 6.26 Å². The van der Waals surface area contributed by atoms with Crippen LogP contribution in [0.3, 0.4) is 0 Å². The molecular formula is C23H25NO5. The fourth-order valence-electron chi connectivity index (χ4n) is 2.57. The fourth-order valence-corrected chi connectivity index (χ4v) is 2.57. The fraction of sp³-hybridized carbons (Fsp3) is 0.304. The zero-order valence-corrected chi connectivity index (χ0v) is 16.9. The molecule has 0 radical (unpaired) electrons. The summed E-state index contributed by atoms with van der Waals surface area (Å²) in [6, 6.07) is 15.4. The van der Waals surface area contributed by atoms with Crippen molar-refractivity contribution in [2.45, 2.75) is 27.4 Å². The van der Waals surface area contributed by atoms with Gasteiger partial charge in [0, 0.05) is 5.56 Å². The first-order valence-corrected chi connectivity index (χ1v) is 9.63. The number of carbonyl (C=O) groups is 1. The molecule has 2 aromatic carbocycles. The second-order valence-corrected chi connectivity index (χ2v) is 6.90. The van der Waals surface area contributed by atoms with Crippen LogP contribution >= 0.6 is 0 Å². The number of hydrogen-bond acceptors (Lipinski definition) is 6. The standard InChI is InChI=1S/C23H25NO5/c1-4-26-23(25)19-15-29-22(24-19)18-10-11-20(21(12-18)27-13-16(2)3)28-14-17-8-6-5-7-9-17/h5-12,15-16H,4,13-14H2,1-3H3. The van der Waals surface area contributed by atoms with Gasteiger partial charge in [-0.25, -0.2) is 9.78 Å². The number of carbonyl (C=O) groups excluding carboxylic acids is 1. The summed E-state index contributed by atoms with van der Waals surface area (Å²) in [5.74, 6) is 1.40. The Morgan fingerprint density at radius 2 is 1.86 bits per heavy atom. The summed E-state index contributed by atoms with van der Waals surface area (Å²) >= 11 is 0. The Labute approximate surface area is 170 Å². The minimum absolute atomic E-state index is 0.135. The zero-order chi connectivity index (χ0) is 20.6. The number of ether oxygens (including phenoxy) is 3. The van der Waals surface area contributed by atoms with Crippen molar-refractivity contribution >= 4 is 5.97 Å². The predicted molar refractivity (Wildman–Crippen MR) is 109 cm³/mol. The molecule has 3 aromatic rings. The number of benzene rings is 2. The van der Waals surface area contributed by atoms with E-state index < -0.39 is 5.97 Å². The van der Waals surface area contributed by atoms with E-state index in [4.69, 9.17) is 18.6 Å². The molecule has 0 saturated carbocycles. The summed E-state index contributed by atoms with van der Waals surface area (Å²) in [5, 5.41) is 0. The van der Waals surface area contributed by atoms with Crippen molar-refractivity contribution in [3.8, 4) is 23.0 Å². The number of aromatic nitrogens is 1. The molecule has 0 aliphatic heterocycles. The van der Waals surface area contributed by atoms with Gasteiger partial charge in [-0.05, 0) is 36.6 Å². The lowest BCUT2D eigenvalue weighted by Gasteiger charge is -2.15. The SMILES string of the molecule is CCOC(=O)c1coc(-c2ccc(OCc3ccccc3)c(OCC(C)C)c2)n1. The van der Waals surface area contributed by atoms with E-state index in [0.717, 1.165) is 5.56 Å². The van der Waals surface area contributed by atoms with Crippen LogP contribution in [0.1, 0.15) is 36.8 Å². The highest BCUT2D eigenvalue weighted by Gasteiger charge is 2.16. The Bertz CT molecular complexity index is 933. The van der Waals surface area contributed by atoms with Gasteiger partial charge in [-0.15, -0.1) is 0 Å². The lowest BCUT2D eigenvalue weighted by atomic mass is 10.2. The van der Waals surface area contributed by atoms with Gasteiger partial charge < -0.3 is 18.6 Å². The minimum atomic E-state index is -0.512. The van der Waals surface area contributed by atoms with Crippen molar-refractivity contribution in [1.29, 1.82) is 0 Å². The van der Waals surface area contributed by atoms with E-state index in [2.05, 4.69) is 18.8 Å². The molecule has 0 aliphatic rings. The van der Waals surface area contributed by atoms with Crippen LogP contribution in [0.4, 0.5) is 0 Å². The monoisotopic (exact) mass is 395 g/mol. The highest BCUT2D eigenvalue weighted by atomic mass is 16.5. The first kappa shape index (κ1) is 20.5. The number of nitrogens with zero attached hydrogens (tertiary/aromatic N) is 1. The summed E-state index contributed by atoms with van der Waals surface area (Å²) in [6.45, 7) is 7.16. The van der Waals surface area contributed by atoms with E-state index in [-0.39, 0.29) is 12.3 Å². The van der Waals surface area contributed by atoms with Gasteiger partial charge in [0.05, 0.1) is 13.2 Å². The van der Waals surface area contributed by atoms with E-state index in [9.17, 15) is 4.79 Å². The number of esters is 1. The second-order valence-electron chi connectivity index (χ2n) is 6.90. The van der Waals surface area contributed by atoms with Gasteiger partial charge in [0.15, 0.2) is 17.2 Å². The van der Waals surface area contributed by atoms with Gasteiger partial charge in [-0.1, -0.05) is 44.2 Å². The molecule has 29 heavy (non-hydrogen) atoms. The molecule has 152 valence electrons. The Hall–Kier alpha value is -3.28.